The highest BCUT2D eigenvalue weighted by Crippen LogP contribution is 2.47. The first-order chi connectivity index (χ1) is 13.0. The first kappa shape index (κ1) is 20.1. The molecule has 0 spiro atoms. The molecule has 2 aromatic carbocycles. The third kappa shape index (κ3) is 3.01. The van der Waals surface area contributed by atoms with Crippen LogP contribution in [0.3, 0.4) is 0 Å². The molecule has 2 aromatic rings. The topological polar surface area (TPSA) is 43.4 Å². The Morgan fingerprint density at radius 2 is 1.50 bits per heavy atom. The maximum absolute atomic E-state index is 15.3. The van der Waals surface area contributed by atoms with Crippen molar-refractivity contribution in [2.75, 3.05) is 13.4 Å². The largest absolute Gasteiger partial charge is 0.491 e. The summed E-state index contributed by atoms with van der Waals surface area (Å²) in [6.45, 7) is 0. The lowest BCUT2D eigenvalue weighted by Crippen LogP contribution is -2.37. The van der Waals surface area contributed by atoms with Crippen LogP contribution in [0, 0.1) is 11.6 Å². The summed E-state index contributed by atoms with van der Waals surface area (Å²) in [5, 5.41) is 0. The van der Waals surface area contributed by atoms with Crippen LogP contribution in [0.2, 0.25) is 0 Å². The summed E-state index contributed by atoms with van der Waals surface area (Å²) in [6, 6.07) is 8.77. The second-order valence-electron chi connectivity index (χ2n) is 6.44. The standard InChI is InChI=1S/C20H16F4O3S/c1-27-18-15(21)10-14(11-16(18)22)19(28(2,25)26)8-9-20(24,17(23)12-19)13-6-4-3-5-7-13/h3-12H,1-2H3. The van der Waals surface area contributed by atoms with Gasteiger partial charge in [-0.25, -0.2) is 26.0 Å². The molecule has 3 nitrogen and oxygen atoms in total. The van der Waals surface area contributed by atoms with Gasteiger partial charge in [-0.3, -0.25) is 0 Å². The van der Waals surface area contributed by atoms with Crippen LogP contribution in [0.25, 0.3) is 0 Å². The Kier molecular flexibility index (Phi) is 4.87. The van der Waals surface area contributed by atoms with Crippen molar-refractivity contribution in [1.29, 1.82) is 0 Å². The number of alkyl halides is 1. The van der Waals surface area contributed by atoms with E-state index < -0.39 is 49.0 Å². The van der Waals surface area contributed by atoms with Crippen molar-refractivity contribution in [2.24, 2.45) is 0 Å². The highest BCUT2D eigenvalue weighted by atomic mass is 32.2. The van der Waals surface area contributed by atoms with Gasteiger partial charge in [0.1, 0.15) is 10.6 Å². The molecule has 0 aliphatic heterocycles. The Labute approximate surface area is 159 Å². The minimum atomic E-state index is -4.20. The van der Waals surface area contributed by atoms with E-state index in [9.17, 15) is 21.6 Å². The first-order valence-corrected chi connectivity index (χ1v) is 10.0. The van der Waals surface area contributed by atoms with Gasteiger partial charge in [0.2, 0.25) is 5.67 Å². The van der Waals surface area contributed by atoms with Crippen LogP contribution in [-0.4, -0.2) is 21.8 Å². The van der Waals surface area contributed by atoms with Crippen molar-refractivity contribution >= 4 is 9.84 Å². The molecule has 0 bridgehead atoms. The summed E-state index contributed by atoms with van der Waals surface area (Å²) in [5.74, 6) is -4.44. The lowest BCUT2D eigenvalue weighted by atomic mass is 9.83. The minimum Gasteiger partial charge on any atom is -0.491 e. The van der Waals surface area contributed by atoms with Gasteiger partial charge in [0, 0.05) is 6.26 Å². The number of sulfone groups is 1. The van der Waals surface area contributed by atoms with Gasteiger partial charge in [0.25, 0.3) is 0 Å². The van der Waals surface area contributed by atoms with E-state index in [1.54, 1.807) is 6.07 Å². The Morgan fingerprint density at radius 3 is 1.96 bits per heavy atom. The highest BCUT2D eigenvalue weighted by molar-refractivity contribution is 7.92. The molecule has 0 heterocycles. The average molecular weight is 412 g/mol. The number of rotatable bonds is 4. The van der Waals surface area contributed by atoms with Crippen LogP contribution in [0.4, 0.5) is 17.6 Å². The smallest absolute Gasteiger partial charge is 0.205 e. The third-order valence-electron chi connectivity index (χ3n) is 4.71. The number of methoxy groups -OCH3 is 1. The molecule has 2 unspecified atom stereocenters. The third-order valence-corrected chi connectivity index (χ3v) is 6.43. The van der Waals surface area contributed by atoms with E-state index in [4.69, 9.17) is 0 Å². The van der Waals surface area contributed by atoms with Gasteiger partial charge in [-0.2, -0.15) is 0 Å². The van der Waals surface area contributed by atoms with Crippen molar-refractivity contribution in [1.82, 2.24) is 0 Å². The van der Waals surface area contributed by atoms with Crippen LogP contribution in [0.5, 0.6) is 5.75 Å². The molecule has 1 aliphatic carbocycles. The van der Waals surface area contributed by atoms with E-state index in [-0.39, 0.29) is 5.56 Å². The SMILES string of the molecule is COc1c(F)cc(C2(S(C)(=O)=O)C=CC(F)(c3ccccc3)C(F)=C2)cc1F. The van der Waals surface area contributed by atoms with Gasteiger partial charge >= 0.3 is 0 Å². The zero-order valence-corrected chi connectivity index (χ0v) is 15.7. The van der Waals surface area contributed by atoms with Crippen LogP contribution >= 0.6 is 0 Å². The van der Waals surface area contributed by atoms with Crippen LogP contribution in [-0.2, 0) is 20.3 Å². The molecule has 0 aromatic heterocycles. The average Bonchev–Trinajstić information content (AvgIpc) is 2.63. The van der Waals surface area contributed by atoms with E-state index in [0.29, 0.717) is 6.08 Å². The molecule has 0 saturated heterocycles. The fourth-order valence-electron chi connectivity index (χ4n) is 3.18. The van der Waals surface area contributed by atoms with E-state index in [1.165, 1.54) is 24.3 Å². The fourth-order valence-corrected chi connectivity index (χ4v) is 4.36. The second kappa shape index (κ2) is 6.77. The Bertz CT molecular complexity index is 1060. The number of hydrogen-bond donors (Lipinski definition) is 0. The summed E-state index contributed by atoms with van der Waals surface area (Å²) in [6.07, 6.45) is 2.96. The lowest BCUT2D eigenvalue weighted by molar-refractivity contribution is 0.232. The quantitative estimate of drug-likeness (QED) is 0.549. The molecule has 28 heavy (non-hydrogen) atoms. The van der Waals surface area contributed by atoms with Gasteiger partial charge < -0.3 is 4.74 Å². The summed E-state index contributed by atoms with van der Waals surface area (Å²) in [4.78, 5) is 0. The highest BCUT2D eigenvalue weighted by Gasteiger charge is 2.48. The molecular weight excluding hydrogens is 396 g/mol. The van der Waals surface area contributed by atoms with E-state index >= 15 is 4.39 Å². The Morgan fingerprint density at radius 1 is 0.929 bits per heavy atom. The minimum absolute atomic E-state index is 0.0470. The second-order valence-corrected chi connectivity index (χ2v) is 8.66. The predicted octanol–water partition coefficient (Wildman–Crippen LogP) is 4.50. The molecule has 2 atom stereocenters. The maximum atomic E-state index is 15.3. The predicted molar refractivity (Wildman–Crippen MR) is 97.0 cm³/mol. The number of allylic oxidation sites excluding steroid dienone is 2. The zero-order chi connectivity index (χ0) is 20.7. The van der Waals surface area contributed by atoms with Gasteiger partial charge in [0.05, 0.1) is 7.11 Å². The van der Waals surface area contributed by atoms with Gasteiger partial charge in [0.15, 0.2) is 27.2 Å². The van der Waals surface area contributed by atoms with E-state index in [2.05, 4.69) is 4.74 Å². The number of ether oxygens (including phenoxy) is 1. The molecule has 1 aliphatic rings. The molecule has 0 fully saturated rings. The number of hydrogen-bond acceptors (Lipinski definition) is 3. The molecule has 8 heteroatoms. The molecule has 148 valence electrons. The maximum Gasteiger partial charge on any atom is 0.205 e. The summed E-state index contributed by atoms with van der Waals surface area (Å²) >= 11 is 0. The molecule has 0 amide bonds. The fraction of sp³-hybridized carbons (Fsp3) is 0.200. The lowest BCUT2D eigenvalue weighted by Gasteiger charge is -2.33. The molecule has 0 N–H and O–H groups in total. The molecule has 3 rings (SSSR count). The zero-order valence-electron chi connectivity index (χ0n) is 14.9. The van der Waals surface area contributed by atoms with Crippen molar-refractivity contribution in [3.63, 3.8) is 0 Å². The summed E-state index contributed by atoms with van der Waals surface area (Å²) < 4.78 is 85.9. The van der Waals surface area contributed by atoms with Crippen molar-refractivity contribution in [2.45, 2.75) is 10.4 Å². The number of benzene rings is 2. The summed E-state index contributed by atoms with van der Waals surface area (Å²) in [5.41, 5.74) is -3.15. The van der Waals surface area contributed by atoms with Crippen molar-refractivity contribution in [3.8, 4) is 5.75 Å². The van der Waals surface area contributed by atoms with Gasteiger partial charge in [-0.1, -0.05) is 36.4 Å². The Hall–Kier alpha value is -2.61. The van der Waals surface area contributed by atoms with Crippen molar-refractivity contribution in [3.05, 3.63) is 89.3 Å². The first-order valence-electron chi connectivity index (χ1n) is 8.12. The number of halogens is 4. The van der Waals surface area contributed by atoms with E-state index in [0.717, 1.165) is 37.7 Å². The molecular formula is C20H16F4O3S. The normalized spacial score (nSPS) is 24.7. The van der Waals surface area contributed by atoms with Gasteiger partial charge in [-0.05, 0) is 35.4 Å². The monoisotopic (exact) mass is 412 g/mol. The Balaban J connectivity index is 2.24. The summed E-state index contributed by atoms with van der Waals surface area (Å²) in [7, 11) is -3.16. The van der Waals surface area contributed by atoms with Crippen molar-refractivity contribution < 1.29 is 30.7 Å². The molecule has 0 radical (unpaired) electrons. The molecule has 0 saturated carbocycles. The van der Waals surface area contributed by atoms with Crippen LogP contribution < -0.4 is 4.74 Å². The van der Waals surface area contributed by atoms with Crippen LogP contribution in [0.1, 0.15) is 11.1 Å². The van der Waals surface area contributed by atoms with Gasteiger partial charge in [-0.15, -0.1) is 0 Å². The van der Waals surface area contributed by atoms with E-state index in [1.807, 2.05) is 0 Å². The van der Waals surface area contributed by atoms with Crippen LogP contribution in [0.15, 0.2) is 66.5 Å².